The van der Waals surface area contributed by atoms with E-state index in [0.717, 1.165) is 9.79 Å². The molecule has 1 atom stereocenters. The molecule has 2 aromatic carbocycles. The SMILES string of the molecule is COC(=O)C(C=O)Oc1cccc(Sc2ccccc2)c1. The van der Waals surface area contributed by atoms with Crippen molar-refractivity contribution in [3.8, 4) is 5.75 Å². The molecular weight excluding hydrogens is 288 g/mol. The predicted octanol–water partition coefficient (Wildman–Crippen LogP) is 2.96. The Hall–Kier alpha value is -2.27. The summed E-state index contributed by atoms with van der Waals surface area (Å²) in [5.74, 6) is -0.274. The molecule has 0 saturated heterocycles. The number of rotatable bonds is 6. The molecule has 2 aromatic rings. The van der Waals surface area contributed by atoms with Crippen molar-refractivity contribution in [3.63, 3.8) is 0 Å². The van der Waals surface area contributed by atoms with Gasteiger partial charge in [-0.05, 0) is 30.3 Å². The van der Waals surface area contributed by atoms with Crippen LogP contribution in [-0.2, 0) is 14.3 Å². The molecule has 0 bridgehead atoms. The van der Waals surface area contributed by atoms with Gasteiger partial charge in [-0.1, -0.05) is 36.0 Å². The lowest BCUT2D eigenvalue weighted by Crippen LogP contribution is -2.29. The summed E-state index contributed by atoms with van der Waals surface area (Å²) in [6, 6.07) is 17.1. The average Bonchev–Trinajstić information content (AvgIpc) is 2.53. The van der Waals surface area contributed by atoms with Crippen LogP contribution in [0.3, 0.4) is 0 Å². The first kappa shape index (κ1) is 15.1. The molecule has 0 heterocycles. The molecule has 0 aliphatic rings. The normalized spacial score (nSPS) is 11.5. The van der Waals surface area contributed by atoms with E-state index in [-0.39, 0.29) is 0 Å². The van der Waals surface area contributed by atoms with E-state index in [4.69, 9.17) is 4.74 Å². The van der Waals surface area contributed by atoms with E-state index >= 15 is 0 Å². The maximum absolute atomic E-state index is 11.3. The first-order chi connectivity index (χ1) is 10.2. The summed E-state index contributed by atoms with van der Waals surface area (Å²) < 4.78 is 9.84. The molecule has 0 saturated carbocycles. The van der Waals surface area contributed by atoms with Gasteiger partial charge in [0, 0.05) is 9.79 Å². The summed E-state index contributed by atoms with van der Waals surface area (Å²) in [6.45, 7) is 0. The molecule has 0 aliphatic heterocycles. The fraction of sp³-hybridized carbons (Fsp3) is 0.125. The molecular formula is C16H14O4S. The molecule has 0 fully saturated rings. The van der Waals surface area contributed by atoms with Gasteiger partial charge in [-0.15, -0.1) is 0 Å². The van der Waals surface area contributed by atoms with Gasteiger partial charge in [0.1, 0.15) is 5.75 Å². The van der Waals surface area contributed by atoms with E-state index in [1.807, 2.05) is 36.4 Å². The van der Waals surface area contributed by atoms with Crippen LogP contribution in [0.4, 0.5) is 0 Å². The highest BCUT2D eigenvalue weighted by atomic mass is 32.2. The third-order valence-corrected chi connectivity index (χ3v) is 3.60. The standard InChI is InChI=1S/C16H14O4S/c1-19-16(18)15(11-17)20-12-6-5-9-14(10-12)21-13-7-3-2-4-8-13/h2-11,15H,1H3. The number of methoxy groups -OCH3 is 1. The molecule has 0 radical (unpaired) electrons. The zero-order chi connectivity index (χ0) is 15.1. The summed E-state index contributed by atoms with van der Waals surface area (Å²) in [5.41, 5.74) is 0. The third kappa shape index (κ3) is 4.36. The van der Waals surface area contributed by atoms with E-state index in [0.29, 0.717) is 12.0 Å². The second kappa shape index (κ2) is 7.50. The molecule has 0 N–H and O–H groups in total. The van der Waals surface area contributed by atoms with Crippen LogP contribution in [-0.4, -0.2) is 25.5 Å². The van der Waals surface area contributed by atoms with Crippen LogP contribution in [0.1, 0.15) is 0 Å². The van der Waals surface area contributed by atoms with Crippen LogP contribution in [0.15, 0.2) is 64.4 Å². The fourth-order valence-electron chi connectivity index (χ4n) is 1.63. The Morgan fingerprint density at radius 3 is 2.48 bits per heavy atom. The highest BCUT2D eigenvalue weighted by Gasteiger charge is 2.20. The number of hydrogen-bond acceptors (Lipinski definition) is 5. The lowest BCUT2D eigenvalue weighted by molar-refractivity contribution is -0.150. The van der Waals surface area contributed by atoms with Gasteiger partial charge in [-0.3, -0.25) is 4.79 Å². The van der Waals surface area contributed by atoms with Crippen molar-refractivity contribution < 1.29 is 19.1 Å². The van der Waals surface area contributed by atoms with E-state index in [2.05, 4.69) is 4.74 Å². The first-order valence-corrected chi connectivity index (χ1v) is 7.07. The van der Waals surface area contributed by atoms with E-state index in [9.17, 15) is 9.59 Å². The molecule has 0 spiro atoms. The average molecular weight is 302 g/mol. The Labute approximate surface area is 127 Å². The largest absolute Gasteiger partial charge is 0.471 e. The van der Waals surface area contributed by atoms with Crippen molar-refractivity contribution in [1.29, 1.82) is 0 Å². The Morgan fingerprint density at radius 2 is 1.81 bits per heavy atom. The van der Waals surface area contributed by atoms with Crippen LogP contribution in [0, 0.1) is 0 Å². The van der Waals surface area contributed by atoms with Gasteiger partial charge in [0.2, 0.25) is 6.10 Å². The third-order valence-electron chi connectivity index (χ3n) is 2.60. The van der Waals surface area contributed by atoms with Gasteiger partial charge in [0.25, 0.3) is 0 Å². The van der Waals surface area contributed by atoms with Crippen molar-refractivity contribution in [1.82, 2.24) is 0 Å². The minimum Gasteiger partial charge on any atom is -0.471 e. The number of aldehydes is 1. The van der Waals surface area contributed by atoms with Gasteiger partial charge in [-0.25, -0.2) is 4.79 Å². The molecule has 108 valence electrons. The Balaban J connectivity index is 2.10. The van der Waals surface area contributed by atoms with E-state index in [1.165, 1.54) is 7.11 Å². The van der Waals surface area contributed by atoms with Crippen molar-refractivity contribution >= 4 is 24.0 Å². The van der Waals surface area contributed by atoms with E-state index in [1.54, 1.807) is 30.0 Å². The highest BCUT2D eigenvalue weighted by molar-refractivity contribution is 7.99. The summed E-state index contributed by atoms with van der Waals surface area (Å²) in [7, 11) is 1.21. The van der Waals surface area contributed by atoms with Crippen molar-refractivity contribution in [2.45, 2.75) is 15.9 Å². The quantitative estimate of drug-likeness (QED) is 0.466. The van der Waals surface area contributed by atoms with Gasteiger partial charge in [-0.2, -0.15) is 0 Å². The van der Waals surface area contributed by atoms with Gasteiger partial charge >= 0.3 is 5.97 Å². The van der Waals surface area contributed by atoms with Crippen LogP contribution in [0.25, 0.3) is 0 Å². The van der Waals surface area contributed by atoms with Crippen LogP contribution in [0.2, 0.25) is 0 Å². The maximum atomic E-state index is 11.3. The second-order valence-corrected chi connectivity index (χ2v) is 5.23. The Morgan fingerprint density at radius 1 is 1.10 bits per heavy atom. The predicted molar refractivity (Wildman–Crippen MR) is 79.5 cm³/mol. The first-order valence-electron chi connectivity index (χ1n) is 6.25. The zero-order valence-electron chi connectivity index (χ0n) is 11.4. The maximum Gasteiger partial charge on any atom is 0.354 e. The van der Waals surface area contributed by atoms with Gasteiger partial charge in [0.05, 0.1) is 7.11 Å². The molecule has 5 heteroatoms. The summed E-state index contributed by atoms with van der Waals surface area (Å²) in [5, 5.41) is 0. The number of carbonyl (C=O) groups is 2. The number of esters is 1. The molecule has 0 aliphatic carbocycles. The summed E-state index contributed by atoms with van der Waals surface area (Å²) in [6.07, 6.45) is -0.824. The van der Waals surface area contributed by atoms with Gasteiger partial charge < -0.3 is 9.47 Å². The molecule has 2 rings (SSSR count). The fourth-order valence-corrected chi connectivity index (χ4v) is 2.52. The summed E-state index contributed by atoms with van der Waals surface area (Å²) in [4.78, 5) is 24.2. The number of benzene rings is 2. The molecule has 4 nitrogen and oxygen atoms in total. The lowest BCUT2D eigenvalue weighted by atomic mass is 10.3. The highest BCUT2D eigenvalue weighted by Crippen LogP contribution is 2.29. The minimum atomic E-state index is -1.24. The van der Waals surface area contributed by atoms with Crippen LogP contribution < -0.4 is 4.74 Å². The molecule has 0 aromatic heterocycles. The number of carbonyl (C=O) groups excluding carboxylic acids is 2. The van der Waals surface area contributed by atoms with Crippen LogP contribution in [0.5, 0.6) is 5.75 Å². The number of ether oxygens (including phenoxy) is 2. The molecule has 0 amide bonds. The number of hydrogen-bond donors (Lipinski definition) is 0. The second-order valence-electron chi connectivity index (χ2n) is 4.09. The van der Waals surface area contributed by atoms with Crippen molar-refractivity contribution in [2.75, 3.05) is 7.11 Å². The Bertz CT molecular complexity index is 613. The zero-order valence-corrected chi connectivity index (χ0v) is 12.2. The lowest BCUT2D eigenvalue weighted by Gasteiger charge is -2.12. The molecule has 21 heavy (non-hydrogen) atoms. The summed E-state index contributed by atoms with van der Waals surface area (Å²) >= 11 is 1.57. The van der Waals surface area contributed by atoms with Crippen molar-refractivity contribution in [3.05, 3.63) is 54.6 Å². The smallest absolute Gasteiger partial charge is 0.354 e. The topological polar surface area (TPSA) is 52.6 Å². The van der Waals surface area contributed by atoms with E-state index < -0.39 is 12.1 Å². The Kier molecular flexibility index (Phi) is 5.40. The molecule has 1 unspecified atom stereocenters. The van der Waals surface area contributed by atoms with Crippen LogP contribution >= 0.6 is 11.8 Å². The van der Waals surface area contributed by atoms with Gasteiger partial charge in [0.15, 0.2) is 6.29 Å². The van der Waals surface area contributed by atoms with Crippen molar-refractivity contribution in [2.24, 2.45) is 0 Å². The minimum absolute atomic E-state index is 0.419. The monoisotopic (exact) mass is 302 g/mol.